The summed E-state index contributed by atoms with van der Waals surface area (Å²) in [6.07, 6.45) is 0. The van der Waals surface area contributed by atoms with E-state index in [-0.39, 0.29) is 0 Å². The minimum atomic E-state index is 0.964. The maximum Gasteiger partial charge on any atom is 0.215 e. The molecule has 7 aromatic rings. The Hall–Kier alpha value is -3.80. The summed E-state index contributed by atoms with van der Waals surface area (Å²) in [5, 5.41) is 0. The van der Waals surface area contributed by atoms with Gasteiger partial charge in [-0.15, -0.1) is 0 Å². The molecular weight excluding hydrogens is 360 g/mol. The van der Waals surface area contributed by atoms with Gasteiger partial charge in [0.05, 0.1) is 44.1 Å². The number of rotatable bonds is 0. The Bertz CT molecular complexity index is 1660. The summed E-state index contributed by atoms with van der Waals surface area (Å²) in [7, 11) is 4.21. The number of hydrogen-bond acceptors (Lipinski definition) is 2. The van der Waals surface area contributed by atoms with Gasteiger partial charge >= 0.3 is 0 Å². The van der Waals surface area contributed by atoms with Gasteiger partial charge in [-0.2, -0.15) is 0 Å². The summed E-state index contributed by atoms with van der Waals surface area (Å²) >= 11 is 0. The van der Waals surface area contributed by atoms with Gasteiger partial charge in [0, 0.05) is 19.7 Å². The first-order chi connectivity index (χ1) is 14.1. The molecule has 0 fully saturated rings. The first-order valence-corrected chi connectivity index (χ1v) is 9.76. The second kappa shape index (κ2) is 4.78. The lowest BCUT2D eigenvalue weighted by Crippen LogP contribution is -1.95. The molecule has 0 bridgehead atoms. The van der Waals surface area contributed by atoms with Crippen LogP contribution >= 0.6 is 0 Å². The van der Waals surface area contributed by atoms with Crippen molar-refractivity contribution >= 4 is 55.7 Å². The van der Waals surface area contributed by atoms with E-state index in [1.807, 2.05) is 12.1 Å². The van der Waals surface area contributed by atoms with E-state index in [0.717, 1.165) is 33.6 Å². The second-order valence-electron chi connectivity index (χ2n) is 7.83. The van der Waals surface area contributed by atoms with Crippen LogP contribution in [0.2, 0.25) is 0 Å². The Labute approximate surface area is 165 Å². The molecule has 0 radical (unpaired) electrons. The number of aryl methyl sites for hydroxylation is 3. The quantitative estimate of drug-likeness (QED) is 0.388. The second-order valence-corrected chi connectivity index (χ2v) is 7.83. The zero-order valence-electron chi connectivity index (χ0n) is 16.4. The predicted octanol–water partition coefficient (Wildman–Crippen LogP) is 4.58. The van der Waals surface area contributed by atoms with Gasteiger partial charge in [0.15, 0.2) is 0 Å². The first kappa shape index (κ1) is 15.2. The number of nitrogens with zero attached hydrogens (tertiary/aromatic N) is 6. The molecule has 0 unspecified atom stereocenters. The molecule has 6 heteroatoms. The average molecular weight is 378 g/mol. The van der Waals surface area contributed by atoms with E-state index in [1.54, 1.807) is 0 Å². The third-order valence-electron chi connectivity index (χ3n) is 6.31. The van der Waals surface area contributed by atoms with E-state index >= 15 is 0 Å². The molecule has 0 amide bonds. The molecule has 0 saturated carbocycles. The van der Waals surface area contributed by atoms with E-state index in [1.165, 1.54) is 27.6 Å². The molecule has 29 heavy (non-hydrogen) atoms. The van der Waals surface area contributed by atoms with Crippen LogP contribution in [0.4, 0.5) is 0 Å². The highest BCUT2D eigenvalue weighted by Crippen LogP contribution is 2.35. The highest BCUT2D eigenvalue weighted by Gasteiger charge is 2.21. The van der Waals surface area contributed by atoms with Gasteiger partial charge in [0.25, 0.3) is 0 Å². The minimum absolute atomic E-state index is 0.964. The monoisotopic (exact) mass is 378 g/mol. The maximum atomic E-state index is 4.89. The normalized spacial score (nSPS) is 12.7. The Kier molecular flexibility index (Phi) is 2.50. The molecule has 7 rings (SSSR count). The van der Waals surface area contributed by atoms with Crippen LogP contribution in [-0.4, -0.2) is 27.9 Å². The van der Waals surface area contributed by atoms with Crippen molar-refractivity contribution in [3.63, 3.8) is 0 Å². The molecule has 0 N–H and O–H groups in total. The molecule has 0 atom stereocenters. The van der Waals surface area contributed by atoms with E-state index < -0.39 is 0 Å². The van der Waals surface area contributed by atoms with Gasteiger partial charge < -0.3 is 9.13 Å². The van der Waals surface area contributed by atoms with Gasteiger partial charge in [-0.05, 0) is 37.3 Å². The Morgan fingerprint density at radius 1 is 0.621 bits per heavy atom. The minimum Gasteiger partial charge on any atom is -0.312 e. The largest absolute Gasteiger partial charge is 0.312 e. The van der Waals surface area contributed by atoms with Crippen LogP contribution in [0.3, 0.4) is 0 Å². The van der Waals surface area contributed by atoms with Crippen molar-refractivity contribution in [1.29, 1.82) is 0 Å². The van der Waals surface area contributed by atoms with Crippen molar-refractivity contribution < 1.29 is 0 Å². The zero-order chi connectivity index (χ0) is 19.4. The summed E-state index contributed by atoms with van der Waals surface area (Å²) in [6.45, 7) is 2.20. The third kappa shape index (κ3) is 1.61. The van der Waals surface area contributed by atoms with Crippen molar-refractivity contribution in [1.82, 2.24) is 27.9 Å². The van der Waals surface area contributed by atoms with E-state index in [9.17, 15) is 0 Å². The third-order valence-corrected chi connectivity index (χ3v) is 6.31. The predicted molar refractivity (Wildman–Crippen MR) is 117 cm³/mol. The standard InChI is InChI=1S/C23H18N6/c1-13-20-18(28-16-10-6-4-8-14(16)24-22(28)26(20)2)12-19-21(13)27(3)23-25-15-9-5-7-11-17(15)29(19)23/h4-12H,1-3H3. The molecule has 6 nitrogen and oxygen atoms in total. The van der Waals surface area contributed by atoms with Crippen LogP contribution < -0.4 is 0 Å². The van der Waals surface area contributed by atoms with Crippen molar-refractivity contribution in [2.75, 3.05) is 0 Å². The number of fused-ring (bicyclic) bond motifs is 10. The summed E-state index contributed by atoms with van der Waals surface area (Å²) in [5.41, 5.74) is 10.3. The highest BCUT2D eigenvalue weighted by molar-refractivity contribution is 6.03. The SMILES string of the molecule is Cc1c2c(cc3c1n(C)c1nc4ccccc4n31)n1c3ccccc3nc1n2C. The van der Waals surface area contributed by atoms with Gasteiger partial charge in [-0.3, -0.25) is 8.80 Å². The molecule has 0 aliphatic rings. The van der Waals surface area contributed by atoms with Crippen molar-refractivity contribution in [2.24, 2.45) is 14.1 Å². The van der Waals surface area contributed by atoms with Crippen LogP contribution in [0.1, 0.15) is 5.56 Å². The first-order valence-electron chi connectivity index (χ1n) is 9.76. The number of aromatic nitrogens is 6. The maximum absolute atomic E-state index is 4.89. The van der Waals surface area contributed by atoms with Crippen LogP contribution in [0, 0.1) is 6.92 Å². The number of benzene rings is 3. The lowest BCUT2D eigenvalue weighted by atomic mass is 10.1. The summed E-state index contributed by atoms with van der Waals surface area (Å²) in [4.78, 5) is 9.79. The van der Waals surface area contributed by atoms with Crippen molar-refractivity contribution in [2.45, 2.75) is 6.92 Å². The number of hydrogen-bond donors (Lipinski definition) is 0. The van der Waals surface area contributed by atoms with Gasteiger partial charge in [-0.1, -0.05) is 24.3 Å². The van der Waals surface area contributed by atoms with Crippen LogP contribution in [0.15, 0.2) is 54.6 Å². The molecule has 3 aromatic carbocycles. The van der Waals surface area contributed by atoms with E-state index in [2.05, 4.69) is 81.4 Å². The summed E-state index contributed by atoms with van der Waals surface area (Å²) < 4.78 is 8.96. The highest BCUT2D eigenvalue weighted by atomic mass is 15.2. The van der Waals surface area contributed by atoms with Crippen LogP contribution in [-0.2, 0) is 14.1 Å². The van der Waals surface area contributed by atoms with Crippen molar-refractivity contribution in [3.05, 3.63) is 60.2 Å². The lowest BCUT2D eigenvalue weighted by Gasteiger charge is -2.05. The van der Waals surface area contributed by atoms with Crippen LogP contribution in [0.25, 0.3) is 55.7 Å². The van der Waals surface area contributed by atoms with E-state index in [4.69, 9.17) is 9.97 Å². The Morgan fingerprint density at radius 3 is 1.55 bits per heavy atom. The Morgan fingerprint density at radius 2 is 1.07 bits per heavy atom. The van der Waals surface area contributed by atoms with Gasteiger partial charge in [0.2, 0.25) is 11.6 Å². The number of para-hydroxylation sites is 4. The molecule has 0 spiro atoms. The smallest absolute Gasteiger partial charge is 0.215 e. The summed E-state index contributed by atoms with van der Waals surface area (Å²) in [6, 6.07) is 18.9. The number of imidazole rings is 4. The molecule has 4 aromatic heterocycles. The molecule has 140 valence electrons. The van der Waals surface area contributed by atoms with Crippen molar-refractivity contribution in [3.8, 4) is 0 Å². The molecule has 0 saturated heterocycles. The van der Waals surface area contributed by atoms with Crippen LogP contribution in [0.5, 0.6) is 0 Å². The molecule has 0 aliphatic carbocycles. The fourth-order valence-electron chi connectivity index (χ4n) is 5.10. The van der Waals surface area contributed by atoms with Gasteiger partial charge in [0.1, 0.15) is 0 Å². The fraction of sp³-hybridized carbons (Fsp3) is 0.130. The van der Waals surface area contributed by atoms with Gasteiger partial charge in [-0.25, -0.2) is 9.97 Å². The zero-order valence-corrected chi connectivity index (χ0v) is 16.4. The lowest BCUT2D eigenvalue weighted by molar-refractivity contribution is 0.957. The summed E-state index contributed by atoms with van der Waals surface area (Å²) in [5.74, 6) is 1.93. The molecule has 0 aliphatic heterocycles. The Balaban J connectivity index is 1.81. The van der Waals surface area contributed by atoms with E-state index in [0.29, 0.717) is 0 Å². The fourth-order valence-corrected chi connectivity index (χ4v) is 5.10. The molecular formula is C23H18N6. The average Bonchev–Trinajstić information content (AvgIpc) is 3.43. The topological polar surface area (TPSA) is 44.5 Å². The molecule has 4 heterocycles.